The molecule has 0 atom stereocenters. The standard InChI is InChI=1S/C16H20N2O2/c1-18(2)13-7-8-15(17)16(10-13)20-11-12-5-4-6-14(9-12)19-3/h4-10H,11,17H2,1-3H3. The van der Waals surface area contributed by atoms with Crippen molar-refractivity contribution in [3.63, 3.8) is 0 Å². The average Bonchev–Trinajstić information content (AvgIpc) is 2.46. The first kappa shape index (κ1) is 14.1. The van der Waals surface area contributed by atoms with Crippen molar-refractivity contribution in [2.24, 2.45) is 0 Å². The molecule has 2 aromatic carbocycles. The molecule has 4 nitrogen and oxygen atoms in total. The average molecular weight is 272 g/mol. The molecule has 2 N–H and O–H groups in total. The lowest BCUT2D eigenvalue weighted by atomic mass is 10.2. The minimum absolute atomic E-state index is 0.457. The van der Waals surface area contributed by atoms with E-state index in [0.29, 0.717) is 18.0 Å². The predicted molar refractivity (Wildman–Crippen MR) is 82.5 cm³/mol. The third kappa shape index (κ3) is 3.35. The van der Waals surface area contributed by atoms with Gasteiger partial charge in [-0.05, 0) is 29.8 Å². The van der Waals surface area contributed by atoms with Crippen LogP contribution in [0, 0.1) is 0 Å². The number of ether oxygens (including phenoxy) is 2. The summed E-state index contributed by atoms with van der Waals surface area (Å²) in [6.07, 6.45) is 0. The first-order valence-corrected chi connectivity index (χ1v) is 6.42. The van der Waals surface area contributed by atoms with Crippen LogP contribution < -0.4 is 20.1 Å². The Balaban J connectivity index is 2.11. The van der Waals surface area contributed by atoms with E-state index in [1.807, 2.05) is 61.5 Å². The zero-order chi connectivity index (χ0) is 14.5. The second-order valence-electron chi connectivity index (χ2n) is 4.76. The lowest BCUT2D eigenvalue weighted by Crippen LogP contribution is -2.09. The Hall–Kier alpha value is -2.36. The van der Waals surface area contributed by atoms with Crippen LogP contribution in [0.25, 0.3) is 0 Å². The van der Waals surface area contributed by atoms with E-state index in [1.54, 1.807) is 7.11 Å². The van der Waals surface area contributed by atoms with Gasteiger partial charge in [0.2, 0.25) is 0 Å². The number of methoxy groups -OCH3 is 1. The zero-order valence-corrected chi connectivity index (χ0v) is 12.1. The lowest BCUT2D eigenvalue weighted by molar-refractivity contribution is 0.307. The Morgan fingerprint density at radius 3 is 2.60 bits per heavy atom. The second-order valence-corrected chi connectivity index (χ2v) is 4.76. The highest BCUT2D eigenvalue weighted by atomic mass is 16.5. The van der Waals surface area contributed by atoms with E-state index in [2.05, 4.69) is 0 Å². The van der Waals surface area contributed by atoms with Gasteiger partial charge >= 0.3 is 0 Å². The summed E-state index contributed by atoms with van der Waals surface area (Å²) < 4.78 is 11.0. The van der Waals surface area contributed by atoms with Gasteiger partial charge in [0, 0.05) is 25.8 Å². The summed E-state index contributed by atoms with van der Waals surface area (Å²) in [5, 5.41) is 0. The van der Waals surface area contributed by atoms with Crippen molar-refractivity contribution in [2.75, 3.05) is 31.8 Å². The van der Waals surface area contributed by atoms with Gasteiger partial charge in [0.25, 0.3) is 0 Å². The van der Waals surface area contributed by atoms with E-state index in [4.69, 9.17) is 15.2 Å². The van der Waals surface area contributed by atoms with Crippen LogP contribution in [0.1, 0.15) is 5.56 Å². The molecule has 106 valence electrons. The smallest absolute Gasteiger partial charge is 0.144 e. The quantitative estimate of drug-likeness (QED) is 0.850. The number of nitrogens with two attached hydrogens (primary N) is 1. The molecule has 20 heavy (non-hydrogen) atoms. The first-order valence-electron chi connectivity index (χ1n) is 6.42. The Kier molecular flexibility index (Phi) is 4.35. The normalized spacial score (nSPS) is 10.2. The molecule has 0 aromatic heterocycles. The number of hydrogen-bond acceptors (Lipinski definition) is 4. The number of nitrogens with zero attached hydrogens (tertiary/aromatic N) is 1. The third-order valence-electron chi connectivity index (χ3n) is 3.04. The van der Waals surface area contributed by atoms with Crippen LogP contribution in [0.3, 0.4) is 0 Å². The van der Waals surface area contributed by atoms with Gasteiger partial charge in [-0.2, -0.15) is 0 Å². The van der Waals surface area contributed by atoms with Gasteiger partial charge in [-0.3, -0.25) is 0 Å². The van der Waals surface area contributed by atoms with Gasteiger partial charge in [0.1, 0.15) is 18.1 Å². The van der Waals surface area contributed by atoms with E-state index in [1.165, 1.54) is 0 Å². The van der Waals surface area contributed by atoms with Crippen LogP contribution in [0.15, 0.2) is 42.5 Å². The summed E-state index contributed by atoms with van der Waals surface area (Å²) in [4.78, 5) is 2.01. The molecule has 0 aliphatic heterocycles. The largest absolute Gasteiger partial charge is 0.497 e. The van der Waals surface area contributed by atoms with Crippen molar-refractivity contribution in [1.82, 2.24) is 0 Å². The SMILES string of the molecule is COc1cccc(COc2cc(N(C)C)ccc2N)c1. The van der Waals surface area contributed by atoms with Crippen molar-refractivity contribution >= 4 is 11.4 Å². The summed E-state index contributed by atoms with van der Waals surface area (Å²) in [6.45, 7) is 0.457. The maximum Gasteiger partial charge on any atom is 0.144 e. The van der Waals surface area contributed by atoms with Crippen LogP contribution in [0.2, 0.25) is 0 Å². The zero-order valence-electron chi connectivity index (χ0n) is 12.1. The number of benzene rings is 2. The Labute approximate surface area is 119 Å². The number of anilines is 2. The summed E-state index contributed by atoms with van der Waals surface area (Å²) in [7, 11) is 5.62. The fraction of sp³-hybridized carbons (Fsp3) is 0.250. The first-order chi connectivity index (χ1) is 9.60. The van der Waals surface area contributed by atoms with Crippen LogP contribution >= 0.6 is 0 Å². The monoisotopic (exact) mass is 272 g/mol. The third-order valence-corrected chi connectivity index (χ3v) is 3.04. The molecule has 0 bridgehead atoms. The molecule has 0 heterocycles. The highest BCUT2D eigenvalue weighted by molar-refractivity contribution is 5.61. The molecule has 0 aliphatic carbocycles. The Morgan fingerprint density at radius 2 is 1.90 bits per heavy atom. The molecule has 0 aliphatic rings. The minimum Gasteiger partial charge on any atom is -0.497 e. The molecule has 0 saturated carbocycles. The maximum atomic E-state index is 5.94. The van der Waals surface area contributed by atoms with Crippen molar-refractivity contribution in [3.8, 4) is 11.5 Å². The van der Waals surface area contributed by atoms with Gasteiger partial charge in [0.15, 0.2) is 0 Å². The summed E-state index contributed by atoms with van der Waals surface area (Å²) in [6, 6.07) is 13.6. The van der Waals surface area contributed by atoms with Gasteiger partial charge in [-0.25, -0.2) is 0 Å². The predicted octanol–water partition coefficient (Wildman–Crippen LogP) is 2.92. The molecule has 0 spiro atoms. The number of rotatable bonds is 5. The van der Waals surface area contributed by atoms with Crippen molar-refractivity contribution < 1.29 is 9.47 Å². The molecule has 0 radical (unpaired) electrons. The molecule has 0 saturated heterocycles. The van der Waals surface area contributed by atoms with Crippen molar-refractivity contribution in [3.05, 3.63) is 48.0 Å². The number of nitrogen functional groups attached to an aromatic ring is 1. The summed E-state index contributed by atoms with van der Waals surface area (Å²) in [5.74, 6) is 1.51. The van der Waals surface area contributed by atoms with E-state index in [9.17, 15) is 0 Å². The van der Waals surface area contributed by atoms with Crippen LogP contribution in [0.5, 0.6) is 11.5 Å². The van der Waals surface area contributed by atoms with Crippen LogP contribution in [0.4, 0.5) is 11.4 Å². The van der Waals surface area contributed by atoms with Gasteiger partial charge in [-0.15, -0.1) is 0 Å². The van der Waals surface area contributed by atoms with E-state index in [-0.39, 0.29) is 0 Å². The second kappa shape index (κ2) is 6.19. The summed E-state index contributed by atoms with van der Waals surface area (Å²) >= 11 is 0. The molecular formula is C16H20N2O2. The lowest BCUT2D eigenvalue weighted by Gasteiger charge is -2.16. The molecular weight excluding hydrogens is 252 g/mol. The highest BCUT2D eigenvalue weighted by Gasteiger charge is 2.05. The van der Waals surface area contributed by atoms with Gasteiger partial charge < -0.3 is 20.1 Å². The van der Waals surface area contributed by atoms with E-state index >= 15 is 0 Å². The molecule has 4 heteroatoms. The molecule has 0 amide bonds. The van der Waals surface area contributed by atoms with Crippen LogP contribution in [-0.4, -0.2) is 21.2 Å². The molecule has 0 fully saturated rings. The minimum atomic E-state index is 0.457. The topological polar surface area (TPSA) is 47.7 Å². The fourth-order valence-corrected chi connectivity index (χ4v) is 1.85. The molecule has 2 rings (SSSR count). The fourth-order valence-electron chi connectivity index (χ4n) is 1.85. The van der Waals surface area contributed by atoms with Crippen molar-refractivity contribution in [1.29, 1.82) is 0 Å². The van der Waals surface area contributed by atoms with Gasteiger partial charge in [0.05, 0.1) is 12.8 Å². The molecule has 0 unspecified atom stereocenters. The Morgan fingerprint density at radius 1 is 1.10 bits per heavy atom. The van der Waals surface area contributed by atoms with Crippen molar-refractivity contribution in [2.45, 2.75) is 6.61 Å². The highest BCUT2D eigenvalue weighted by Crippen LogP contribution is 2.27. The van der Waals surface area contributed by atoms with Gasteiger partial charge in [-0.1, -0.05) is 12.1 Å². The van der Waals surface area contributed by atoms with Crippen LogP contribution in [-0.2, 0) is 6.61 Å². The van der Waals surface area contributed by atoms with E-state index < -0.39 is 0 Å². The maximum absolute atomic E-state index is 5.94. The van der Waals surface area contributed by atoms with E-state index in [0.717, 1.165) is 17.0 Å². The summed E-state index contributed by atoms with van der Waals surface area (Å²) in [5.41, 5.74) is 8.68. The Bertz CT molecular complexity index is 582. The molecule has 2 aromatic rings. The number of hydrogen-bond donors (Lipinski definition) is 1.